The second kappa shape index (κ2) is 15.8. The second-order valence-corrected chi connectivity index (χ2v) is 18.6. The van der Waals surface area contributed by atoms with Crippen molar-refractivity contribution in [2.45, 2.75) is 78.6 Å². The van der Waals surface area contributed by atoms with Crippen molar-refractivity contribution in [2.75, 3.05) is 0 Å². The first kappa shape index (κ1) is 36.3. The summed E-state index contributed by atoms with van der Waals surface area (Å²) >= 11 is 0. The minimum Gasteiger partial charge on any atom is -0.509 e. The van der Waals surface area contributed by atoms with E-state index in [1.54, 1.807) is 6.07 Å². The summed E-state index contributed by atoms with van der Waals surface area (Å²) in [6, 6.07) is 42.3. The number of aromatic nitrogens is 2. The number of nitrogens with zero attached hydrogens (tertiary/aromatic N) is 5. The molecular formula is C55H49N5OPt+2. The smallest absolute Gasteiger partial charge is 0.509 e. The van der Waals surface area contributed by atoms with E-state index in [-0.39, 0.29) is 55.0 Å². The molecule has 0 aliphatic carbocycles. The Hall–Kier alpha value is -6.37. The van der Waals surface area contributed by atoms with Gasteiger partial charge in [0.15, 0.2) is 0 Å². The summed E-state index contributed by atoms with van der Waals surface area (Å²) in [5.74, 6) is 1.59. The molecule has 9 rings (SSSR count). The molecule has 0 saturated carbocycles. The fourth-order valence-corrected chi connectivity index (χ4v) is 7.76. The number of nitriles is 1. The van der Waals surface area contributed by atoms with Crippen LogP contribution in [0.15, 0.2) is 133 Å². The molecule has 0 atom stereocenters. The average molecular weight is 996 g/mol. The molecule has 6 aromatic carbocycles. The molecule has 3 heterocycles. The number of fused-ring (bicyclic) bond motifs is 4. The Morgan fingerprint density at radius 1 is 0.710 bits per heavy atom. The third kappa shape index (κ3) is 7.84. The maximum atomic E-state index is 9.81. The number of rotatable bonds is 6. The van der Waals surface area contributed by atoms with E-state index in [0.717, 1.165) is 50.0 Å². The Labute approximate surface area is 386 Å². The van der Waals surface area contributed by atoms with Crippen LogP contribution in [-0.2, 0) is 37.3 Å². The molecule has 0 saturated heterocycles. The van der Waals surface area contributed by atoms with Gasteiger partial charge in [-0.25, -0.2) is 4.98 Å². The van der Waals surface area contributed by atoms with Crippen molar-refractivity contribution in [3.63, 3.8) is 0 Å². The van der Waals surface area contributed by atoms with Crippen LogP contribution in [0, 0.1) is 23.5 Å². The maximum Gasteiger partial charge on any atom is 2.00 e. The quantitative estimate of drug-likeness (QED) is 0.123. The number of para-hydroxylation sites is 1. The summed E-state index contributed by atoms with van der Waals surface area (Å²) in [6.07, 6.45) is 1.82. The van der Waals surface area contributed by atoms with Crippen molar-refractivity contribution in [1.82, 2.24) is 18.7 Å². The van der Waals surface area contributed by atoms with Gasteiger partial charge in [-0.2, -0.15) is 17.4 Å². The van der Waals surface area contributed by atoms with Gasteiger partial charge in [0.05, 0.1) is 24.0 Å². The molecular weight excluding hydrogens is 942 g/mol. The van der Waals surface area contributed by atoms with E-state index in [4.69, 9.17) is 16.6 Å². The van der Waals surface area contributed by atoms with E-state index >= 15 is 0 Å². The van der Waals surface area contributed by atoms with Gasteiger partial charge in [-0.1, -0.05) is 127 Å². The predicted molar refractivity (Wildman–Crippen MR) is 250 cm³/mol. The number of ether oxygens (including phenoxy) is 1. The van der Waals surface area contributed by atoms with E-state index in [1.165, 1.54) is 0 Å². The largest absolute Gasteiger partial charge is 2.00 e. The summed E-state index contributed by atoms with van der Waals surface area (Å²) < 4.78 is 55.9. The molecule has 2 aromatic heterocycles. The number of pyridine rings is 1. The second-order valence-electron chi connectivity index (χ2n) is 18.6. The molecule has 0 bridgehead atoms. The minimum absolute atomic E-state index is 0. The number of hydrogen-bond donors (Lipinski definition) is 0. The molecule has 0 spiro atoms. The average Bonchev–Trinajstić information content (AvgIpc) is 3.83. The Bertz CT molecular complexity index is 3410. The van der Waals surface area contributed by atoms with Crippen molar-refractivity contribution >= 4 is 50.6 Å². The standard InChI is InChI=1S/C55H49N5O.Pt/c1-53(2,3)38-25-26-57-51(31-38)60-48-24-21-36(34-56)27-47(48)46-23-22-44(33-50(46)60)61-43-18-13-17-41(32-43)58-35-59(42-29-39(54(4,5)6)28-40(30-42)55(7,8)9)52-45(19-14-20-49(52)58)37-15-11-10-12-16-37;/h10-31H,1-9H3;/q;+2/i10D,11D,12D,15D,16D;. The summed E-state index contributed by atoms with van der Waals surface area (Å²) in [4.78, 5) is 4.80. The molecule has 0 N–H and O–H groups in total. The summed E-state index contributed by atoms with van der Waals surface area (Å²) in [6.45, 7) is 19.6. The van der Waals surface area contributed by atoms with Gasteiger partial charge in [-0.3, -0.25) is 0 Å². The summed E-state index contributed by atoms with van der Waals surface area (Å²) in [5.41, 5.74) is 8.27. The van der Waals surface area contributed by atoms with E-state index in [9.17, 15) is 5.26 Å². The Kier molecular flexibility index (Phi) is 9.27. The zero-order chi connectivity index (χ0) is 47.2. The number of hydrogen-bond acceptors (Lipinski definition) is 3. The first-order valence-corrected chi connectivity index (χ1v) is 20.4. The first-order chi connectivity index (χ1) is 31.1. The third-order valence-electron chi connectivity index (χ3n) is 11.2. The van der Waals surface area contributed by atoms with Crippen LogP contribution in [0.1, 0.15) is 91.4 Å². The van der Waals surface area contributed by atoms with Crippen LogP contribution < -0.4 is 13.9 Å². The zero-order valence-electron chi connectivity index (χ0n) is 41.3. The Morgan fingerprint density at radius 2 is 1.40 bits per heavy atom. The molecule has 0 radical (unpaired) electrons. The molecule has 6 nitrogen and oxygen atoms in total. The van der Waals surface area contributed by atoms with E-state index in [1.807, 2.05) is 82.1 Å². The van der Waals surface area contributed by atoms with Crippen molar-refractivity contribution in [3.8, 4) is 34.5 Å². The third-order valence-corrected chi connectivity index (χ3v) is 11.2. The van der Waals surface area contributed by atoms with Crippen molar-refractivity contribution in [3.05, 3.63) is 168 Å². The van der Waals surface area contributed by atoms with E-state index < -0.39 is 18.1 Å². The molecule has 308 valence electrons. The normalized spacial score (nSPS) is 13.8. The molecule has 0 amide bonds. The number of benzene rings is 6. The topological polar surface area (TPSA) is 56.9 Å². The Balaban J connectivity index is 0.00000608. The fourth-order valence-electron chi connectivity index (χ4n) is 7.76. The summed E-state index contributed by atoms with van der Waals surface area (Å²) in [5, 5.41) is 11.6. The molecule has 8 aromatic rings. The zero-order valence-corrected chi connectivity index (χ0v) is 38.5. The van der Waals surface area contributed by atoms with Crippen LogP contribution in [0.2, 0.25) is 0 Å². The Morgan fingerprint density at radius 3 is 2.10 bits per heavy atom. The van der Waals surface area contributed by atoms with Gasteiger partial charge in [0, 0.05) is 41.4 Å². The van der Waals surface area contributed by atoms with Crippen LogP contribution in [0.5, 0.6) is 11.5 Å². The monoisotopic (exact) mass is 995 g/mol. The van der Waals surface area contributed by atoms with E-state index in [0.29, 0.717) is 39.7 Å². The van der Waals surface area contributed by atoms with Crippen LogP contribution >= 0.6 is 0 Å². The molecule has 0 fully saturated rings. The van der Waals surface area contributed by atoms with Gasteiger partial charge < -0.3 is 9.30 Å². The van der Waals surface area contributed by atoms with Crippen molar-refractivity contribution < 1.29 is 32.7 Å². The molecule has 0 unspecified atom stereocenters. The molecule has 62 heavy (non-hydrogen) atoms. The van der Waals surface area contributed by atoms with Gasteiger partial charge >= 0.3 is 32.8 Å². The SMILES string of the molecule is [2H]c1c([2H])c([2H])c(-c2cccc3c2[N+](c2cc(C(C)(C)C)cc(C(C)(C)C)c2)=C=[N+]3c2[c-]c(Oc3[c-]c4c(cc3)c3cc(C#N)ccc3n4-c3cc(C(C)(C)C)ccn3)ccc2)c([2H])c1[2H].[Pt+2]. The summed E-state index contributed by atoms with van der Waals surface area (Å²) in [7, 11) is 0. The maximum absolute atomic E-state index is 9.81. The molecule has 1 aliphatic heterocycles. The fraction of sp³-hybridized carbons (Fsp3) is 0.218. The molecule has 7 heteroatoms. The van der Waals surface area contributed by atoms with Crippen LogP contribution in [0.3, 0.4) is 0 Å². The first-order valence-electron chi connectivity index (χ1n) is 22.9. The van der Waals surface area contributed by atoms with Gasteiger partial charge in [-0.15, -0.1) is 23.6 Å². The van der Waals surface area contributed by atoms with Crippen LogP contribution in [-0.4, -0.2) is 15.6 Å². The van der Waals surface area contributed by atoms with Crippen LogP contribution in [0.25, 0.3) is 38.8 Å². The minimum atomic E-state index is -0.450. The van der Waals surface area contributed by atoms with E-state index in [2.05, 4.69) is 115 Å². The van der Waals surface area contributed by atoms with Crippen LogP contribution in [0.4, 0.5) is 22.7 Å². The van der Waals surface area contributed by atoms with Gasteiger partial charge in [0.25, 0.3) is 5.69 Å². The van der Waals surface area contributed by atoms with Gasteiger partial charge in [0.2, 0.25) is 5.69 Å². The molecule has 1 aliphatic rings. The van der Waals surface area contributed by atoms with Crippen molar-refractivity contribution in [2.24, 2.45) is 0 Å². The van der Waals surface area contributed by atoms with Gasteiger partial charge in [-0.05, 0) is 84.9 Å². The predicted octanol–water partition coefficient (Wildman–Crippen LogP) is 13.9. The van der Waals surface area contributed by atoms with Gasteiger partial charge in [0.1, 0.15) is 11.5 Å². The van der Waals surface area contributed by atoms with Crippen molar-refractivity contribution in [1.29, 1.82) is 5.26 Å².